The van der Waals surface area contributed by atoms with Crippen LogP contribution in [0.5, 0.6) is 11.5 Å². The van der Waals surface area contributed by atoms with E-state index in [4.69, 9.17) is 30.8 Å². The van der Waals surface area contributed by atoms with E-state index in [1.54, 1.807) is 44.2 Å². The molecule has 0 saturated carbocycles. The third-order valence-corrected chi connectivity index (χ3v) is 7.13. The van der Waals surface area contributed by atoms with E-state index in [-0.39, 0.29) is 24.2 Å². The molecule has 42 heavy (non-hydrogen) atoms. The fourth-order valence-electron chi connectivity index (χ4n) is 4.45. The quantitative estimate of drug-likeness (QED) is 0.130. The van der Waals surface area contributed by atoms with Crippen molar-refractivity contribution in [1.29, 1.82) is 0 Å². The van der Waals surface area contributed by atoms with Crippen molar-refractivity contribution in [2.24, 2.45) is 5.10 Å². The topological polar surface area (TPSA) is 92.0 Å². The van der Waals surface area contributed by atoms with Gasteiger partial charge in [-0.3, -0.25) is 4.79 Å². The van der Waals surface area contributed by atoms with Crippen molar-refractivity contribution in [1.82, 2.24) is 9.66 Å². The van der Waals surface area contributed by atoms with Gasteiger partial charge in [-0.25, -0.2) is 9.78 Å². The minimum atomic E-state index is -0.515. The van der Waals surface area contributed by atoms with Crippen LogP contribution in [0.1, 0.15) is 57.2 Å². The molecule has 0 saturated heterocycles. The number of hydrogen-bond donors (Lipinski definition) is 0. The van der Waals surface area contributed by atoms with E-state index in [2.05, 4.69) is 34.9 Å². The average Bonchev–Trinajstić information content (AvgIpc) is 2.91. The van der Waals surface area contributed by atoms with E-state index >= 15 is 0 Å². The third-order valence-electron chi connectivity index (χ3n) is 6.32. The molecule has 0 amide bonds. The SMILES string of the molecule is CCOc1cc(C)c(-c2nc3ccccc3c(=O)n2N=Cc2cc(Cl)cc(Br)c2OCC(=O)OC(C)C)cc1C(C)C. The summed E-state index contributed by atoms with van der Waals surface area (Å²) in [4.78, 5) is 30.9. The fraction of sp³-hybridized carbons (Fsp3) is 0.312. The predicted molar refractivity (Wildman–Crippen MR) is 170 cm³/mol. The lowest BCUT2D eigenvalue weighted by molar-refractivity contribution is -0.149. The normalized spacial score (nSPS) is 11.6. The number of nitrogens with zero attached hydrogens (tertiary/aromatic N) is 3. The number of ether oxygens (including phenoxy) is 3. The van der Waals surface area contributed by atoms with Crippen LogP contribution in [0.3, 0.4) is 0 Å². The largest absolute Gasteiger partial charge is 0.494 e. The highest BCUT2D eigenvalue weighted by molar-refractivity contribution is 9.10. The first-order chi connectivity index (χ1) is 20.0. The molecule has 4 aromatic rings. The van der Waals surface area contributed by atoms with Gasteiger partial charge in [-0.15, -0.1) is 0 Å². The van der Waals surface area contributed by atoms with Gasteiger partial charge < -0.3 is 14.2 Å². The number of carbonyl (C=O) groups excluding carboxylic acids is 1. The maximum Gasteiger partial charge on any atom is 0.344 e. The van der Waals surface area contributed by atoms with E-state index in [0.29, 0.717) is 44.1 Å². The molecule has 8 nitrogen and oxygen atoms in total. The molecule has 0 spiro atoms. The zero-order valence-corrected chi connectivity index (χ0v) is 26.7. The zero-order valence-electron chi connectivity index (χ0n) is 24.4. The highest BCUT2D eigenvalue weighted by Gasteiger charge is 2.19. The second-order valence-electron chi connectivity index (χ2n) is 10.2. The molecule has 0 aliphatic heterocycles. The molecular weight excluding hydrogens is 622 g/mol. The van der Waals surface area contributed by atoms with Gasteiger partial charge in [-0.05, 0) is 97.1 Å². The molecule has 10 heteroatoms. The Labute approximate surface area is 258 Å². The Kier molecular flexibility index (Phi) is 10.1. The van der Waals surface area contributed by atoms with Crippen molar-refractivity contribution in [2.45, 2.75) is 53.6 Å². The molecule has 1 heterocycles. The van der Waals surface area contributed by atoms with Crippen LogP contribution in [0.25, 0.3) is 22.3 Å². The number of benzene rings is 3. The molecule has 0 N–H and O–H groups in total. The van der Waals surface area contributed by atoms with Gasteiger partial charge in [-0.2, -0.15) is 9.78 Å². The predicted octanol–water partition coefficient (Wildman–Crippen LogP) is 7.52. The lowest BCUT2D eigenvalue weighted by Gasteiger charge is -2.18. The Morgan fingerprint density at radius 1 is 1.12 bits per heavy atom. The van der Waals surface area contributed by atoms with Crippen molar-refractivity contribution in [2.75, 3.05) is 13.2 Å². The average molecular weight is 655 g/mol. The maximum atomic E-state index is 13.8. The van der Waals surface area contributed by atoms with Gasteiger partial charge in [0.05, 0.1) is 34.3 Å². The number of aromatic nitrogens is 2. The zero-order chi connectivity index (χ0) is 30.6. The molecule has 0 unspecified atom stereocenters. The van der Waals surface area contributed by atoms with Crippen LogP contribution < -0.4 is 15.0 Å². The van der Waals surface area contributed by atoms with E-state index < -0.39 is 5.97 Å². The molecule has 0 aliphatic carbocycles. The lowest BCUT2D eigenvalue weighted by Crippen LogP contribution is -2.21. The first kappa shape index (κ1) is 31.3. The standard InChI is InChI=1S/C32H33BrClN3O5/c1-7-40-28-12-20(6)25(15-24(28)18(2)3)31-36-27-11-9-8-10-23(27)32(39)37(31)35-16-21-13-22(34)14-26(33)30(21)41-17-29(38)42-19(4)5/h8-16,18-19H,7,17H2,1-6H3. The van der Waals surface area contributed by atoms with Gasteiger partial charge in [-0.1, -0.05) is 37.6 Å². The second kappa shape index (κ2) is 13.5. The van der Waals surface area contributed by atoms with Gasteiger partial charge >= 0.3 is 5.97 Å². The van der Waals surface area contributed by atoms with Crippen molar-refractivity contribution >= 4 is 50.6 Å². The van der Waals surface area contributed by atoms with E-state index in [0.717, 1.165) is 22.4 Å². The van der Waals surface area contributed by atoms with Gasteiger partial charge in [0.15, 0.2) is 12.4 Å². The summed E-state index contributed by atoms with van der Waals surface area (Å²) in [5.74, 6) is 1.15. The first-order valence-electron chi connectivity index (χ1n) is 13.6. The molecule has 1 aromatic heterocycles. The summed E-state index contributed by atoms with van der Waals surface area (Å²) < 4.78 is 18.7. The van der Waals surface area contributed by atoms with Gasteiger partial charge in [0.25, 0.3) is 5.56 Å². The van der Waals surface area contributed by atoms with E-state index in [1.807, 2.05) is 32.0 Å². The maximum absolute atomic E-state index is 13.8. The number of rotatable bonds is 10. The van der Waals surface area contributed by atoms with Gasteiger partial charge in [0.1, 0.15) is 11.5 Å². The summed E-state index contributed by atoms with van der Waals surface area (Å²) >= 11 is 9.81. The molecule has 220 valence electrons. The highest BCUT2D eigenvalue weighted by atomic mass is 79.9. The third kappa shape index (κ3) is 7.02. The Morgan fingerprint density at radius 3 is 2.55 bits per heavy atom. The number of esters is 1. The van der Waals surface area contributed by atoms with Crippen molar-refractivity contribution in [3.05, 3.63) is 85.1 Å². The fourth-order valence-corrected chi connectivity index (χ4v) is 5.40. The van der Waals surface area contributed by atoms with Crippen molar-refractivity contribution < 1.29 is 19.0 Å². The number of hydrogen-bond acceptors (Lipinski definition) is 7. The summed E-state index contributed by atoms with van der Waals surface area (Å²) in [5, 5.41) is 5.44. The second-order valence-corrected chi connectivity index (χ2v) is 11.5. The molecule has 3 aromatic carbocycles. The smallest absolute Gasteiger partial charge is 0.344 e. The first-order valence-corrected chi connectivity index (χ1v) is 14.8. The Bertz CT molecular complexity index is 1720. The molecule has 4 rings (SSSR count). The number of halogens is 2. The van der Waals surface area contributed by atoms with Crippen molar-refractivity contribution in [3.8, 4) is 22.9 Å². The van der Waals surface area contributed by atoms with Crippen LogP contribution in [-0.4, -0.2) is 41.2 Å². The molecule has 0 atom stereocenters. The van der Waals surface area contributed by atoms with Crippen LogP contribution >= 0.6 is 27.5 Å². The number of carbonyl (C=O) groups is 1. The Morgan fingerprint density at radius 2 is 1.86 bits per heavy atom. The summed E-state index contributed by atoms with van der Waals surface area (Å²) in [5.41, 5.74) is 3.30. The number of aryl methyl sites for hydroxylation is 1. The molecule has 0 radical (unpaired) electrons. The summed E-state index contributed by atoms with van der Waals surface area (Å²) in [7, 11) is 0. The Balaban J connectivity index is 1.89. The van der Waals surface area contributed by atoms with E-state index in [9.17, 15) is 9.59 Å². The van der Waals surface area contributed by atoms with E-state index in [1.165, 1.54) is 10.9 Å². The monoisotopic (exact) mass is 653 g/mol. The van der Waals surface area contributed by atoms with Crippen LogP contribution in [-0.2, 0) is 9.53 Å². The molecule has 0 aliphatic rings. The summed E-state index contributed by atoms with van der Waals surface area (Å²) in [6, 6.07) is 14.4. The number of fused-ring (bicyclic) bond motifs is 1. The molecule has 0 fully saturated rings. The minimum Gasteiger partial charge on any atom is -0.494 e. The summed E-state index contributed by atoms with van der Waals surface area (Å²) in [6.07, 6.45) is 1.19. The Hall–Kier alpha value is -3.69. The van der Waals surface area contributed by atoms with Gasteiger partial charge in [0.2, 0.25) is 0 Å². The van der Waals surface area contributed by atoms with Crippen LogP contribution in [0.2, 0.25) is 5.02 Å². The van der Waals surface area contributed by atoms with Crippen LogP contribution in [0.4, 0.5) is 0 Å². The lowest BCUT2D eigenvalue weighted by atomic mass is 9.96. The molecule has 0 bridgehead atoms. The minimum absolute atomic E-state index is 0.168. The van der Waals surface area contributed by atoms with Gasteiger partial charge in [0, 0.05) is 16.1 Å². The number of para-hydroxylation sites is 1. The van der Waals surface area contributed by atoms with Crippen LogP contribution in [0.15, 0.2) is 62.9 Å². The summed E-state index contributed by atoms with van der Waals surface area (Å²) in [6.45, 7) is 11.8. The highest BCUT2D eigenvalue weighted by Crippen LogP contribution is 2.35. The molecular formula is C32H33BrClN3O5. The van der Waals surface area contributed by atoms with Crippen molar-refractivity contribution in [3.63, 3.8) is 0 Å². The van der Waals surface area contributed by atoms with Crippen LogP contribution in [0, 0.1) is 6.92 Å².